The fourth-order valence-electron chi connectivity index (χ4n) is 4.11. The van der Waals surface area contributed by atoms with Gasteiger partial charge in [-0.25, -0.2) is 8.42 Å². The van der Waals surface area contributed by atoms with Crippen LogP contribution >= 0.6 is 0 Å². The minimum absolute atomic E-state index is 0.0493. The molecular formula is C27H33N5O6S. The third kappa shape index (κ3) is 6.84. The predicted molar refractivity (Wildman–Crippen MR) is 147 cm³/mol. The Hall–Kier alpha value is -3.71. The summed E-state index contributed by atoms with van der Waals surface area (Å²) in [6.45, 7) is 2.19. The van der Waals surface area contributed by atoms with Crippen molar-refractivity contribution in [2.45, 2.75) is 4.90 Å². The number of amides is 2. The van der Waals surface area contributed by atoms with Gasteiger partial charge in [0.15, 0.2) is 0 Å². The van der Waals surface area contributed by atoms with Crippen molar-refractivity contribution in [3.8, 4) is 11.4 Å². The van der Waals surface area contributed by atoms with E-state index in [0.717, 1.165) is 0 Å². The van der Waals surface area contributed by atoms with E-state index in [0.29, 0.717) is 37.6 Å². The highest BCUT2D eigenvalue weighted by Gasteiger charge is 2.29. The van der Waals surface area contributed by atoms with Gasteiger partial charge in [-0.05, 0) is 62.6 Å². The highest BCUT2D eigenvalue weighted by molar-refractivity contribution is 7.89. The molecule has 2 heterocycles. The van der Waals surface area contributed by atoms with Gasteiger partial charge in [0.2, 0.25) is 10.0 Å². The van der Waals surface area contributed by atoms with Crippen LogP contribution in [0.1, 0.15) is 20.7 Å². The molecule has 0 bridgehead atoms. The molecule has 1 aromatic heterocycles. The third-order valence-corrected chi connectivity index (χ3v) is 8.12. The summed E-state index contributed by atoms with van der Waals surface area (Å²) >= 11 is 0. The van der Waals surface area contributed by atoms with Crippen LogP contribution in [-0.4, -0.2) is 94.6 Å². The predicted octanol–water partition coefficient (Wildman–Crippen LogP) is 2.05. The first-order valence-electron chi connectivity index (χ1n) is 12.5. The first-order chi connectivity index (χ1) is 18.7. The van der Waals surface area contributed by atoms with Gasteiger partial charge in [-0.15, -0.1) is 0 Å². The molecule has 3 aromatic rings. The smallest absolute Gasteiger partial charge is 0.255 e. The molecule has 39 heavy (non-hydrogen) atoms. The second-order valence-corrected chi connectivity index (χ2v) is 11.2. The summed E-state index contributed by atoms with van der Waals surface area (Å²) in [6.07, 6.45) is 3.63. The van der Waals surface area contributed by atoms with E-state index >= 15 is 0 Å². The number of methoxy groups -OCH3 is 1. The number of carbonyl (C=O) groups is 2. The van der Waals surface area contributed by atoms with Crippen LogP contribution in [0.25, 0.3) is 5.69 Å². The van der Waals surface area contributed by atoms with Crippen molar-refractivity contribution >= 4 is 27.5 Å². The first kappa shape index (κ1) is 28.3. The summed E-state index contributed by atoms with van der Waals surface area (Å²) in [5.74, 6) is -0.625. The van der Waals surface area contributed by atoms with Gasteiger partial charge in [0.05, 0.1) is 20.3 Å². The fraction of sp³-hybridized carbons (Fsp3) is 0.333. The molecule has 0 spiro atoms. The van der Waals surface area contributed by atoms with E-state index in [2.05, 4.69) is 10.6 Å². The lowest BCUT2D eigenvalue weighted by molar-refractivity contribution is 0.0729. The van der Waals surface area contributed by atoms with Crippen molar-refractivity contribution in [3.63, 3.8) is 0 Å². The van der Waals surface area contributed by atoms with Gasteiger partial charge in [0, 0.05) is 61.1 Å². The number of likely N-dealkylation sites (N-methyl/N-ethyl adjacent to an activating group) is 1. The van der Waals surface area contributed by atoms with Crippen LogP contribution in [0, 0.1) is 0 Å². The maximum Gasteiger partial charge on any atom is 0.255 e. The molecule has 4 rings (SSSR count). The van der Waals surface area contributed by atoms with Crippen LogP contribution in [-0.2, 0) is 14.8 Å². The Kier molecular flexibility index (Phi) is 9.02. The van der Waals surface area contributed by atoms with Crippen molar-refractivity contribution in [1.82, 2.24) is 19.1 Å². The minimum Gasteiger partial charge on any atom is -0.495 e. The zero-order valence-corrected chi connectivity index (χ0v) is 23.0. The second-order valence-electron chi connectivity index (χ2n) is 9.25. The van der Waals surface area contributed by atoms with E-state index < -0.39 is 15.9 Å². The molecule has 2 aromatic carbocycles. The Morgan fingerprint density at radius 1 is 1.00 bits per heavy atom. The molecule has 11 nitrogen and oxygen atoms in total. The van der Waals surface area contributed by atoms with Gasteiger partial charge in [-0.1, -0.05) is 0 Å². The average molecular weight is 556 g/mol. The summed E-state index contributed by atoms with van der Waals surface area (Å²) in [5, 5.41) is 5.64. The maximum absolute atomic E-state index is 13.4. The van der Waals surface area contributed by atoms with E-state index in [4.69, 9.17) is 9.47 Å². The molecule has 0 radical (unpaired) electrons. The molecule has 0 atom stereocenters. The Morgan fingerprint density at radius 3 is 2.31 bits per heavy atom. The summed E-state index contributed by atoms with van der Waals surface area (Å²) in [6, 6.07) is 13.0. The fourth-order valence-corrected chi connectivity index (χ4v) is 5.70. The largest absolute Gasteiger partial charge is 0.495 e. The Labute approximate surface area is 228 Å². The molecule has 12 heteroatoms. The number of nitrogens with zero attached hydrogens (tertiary/aromatic N) is 3. The number of hydrogen-bond acceptors (Lipinski definition) is 7. The van der Waals surface area contributed by atoms with Crippen LogP contribution in [0.4, 0.5) is 5.69 Å². The van der Waals surface area contributed by atoms with E-state index in [1.165, 1.54) is 29.6 Å². The van der Waals surface area contributed by atoms with E-state index in [1.54, 1.807) is 22.8 Å². The maximum atomic E-state index is 13.4. The number of carbonyl (C=O) groups excluding carboxylic acids is 2. The Morgan fingerprint density at radius 2 is 1.67 bits per heavy atom. The number of anilines is 1. The van der Waals surface area contributed by atoms with Crippen LogP contribution in [0.2, 0.25) is 0 Å². The zero-order valence-electron chi connectivity index (χ0n) is 22.2. The van der Waals surface area contributed by atoms with Gasteiger partial charge in [-0.2, -0.15) is 4.31 Å². The number of benzene rings is 2. The summed E-state index contributed by atoms with van der Waals surface area (Å²) in [7, 11) is 1.34. The quantitative estimate of drug-likeness (QED) is 0.393. The Balaban J connectivity index is 1.62. The van der Waals surface area contributed by atoms with Crippen molar-refractivity contribution < 1.29 is 27.5 Å². The molecule has 1 saturated heterocycles. The first-order valence-corrected chi connectivity index (χ1v) is 13.9. The molecule has 1 fully saturated rings. The minimum atomic E-state index is -3.88. The molecule has 1 aliphatic heterocycles. The number of aromatic nitrogens is 1. The van der Waals surface area contributed by atoms with E-state index in [-0.39, 0.29) is 40.9 Å². The average Bonchev–Trinajstić information content (AvgIpc) is 3.48. The van der Waals surface area contributed by atoms with Gasteiger partial charge >= 0.3 is 0 Å². The van der Waals surface area contributed by atoms with Gasteiger partial charge in [0.1, 0.15) is 10.6 Å². The molecule has 2 amide bonds. The van der Waals surface area contributed by atoms with Crippen LogP contribution in [0.15, 0.2) is 65.8 Å². The summed E-state index contributed by atoms with van der Waals surface area (Å²) in [4.78, 5) is 28.2. The SMILES string of the molecule is COc1ccc(NC(=O)c2cc(C(=O)NCCN(C)C)cc(-n3cccc3)c2)cc1S(=O)(=O)N1CCOCC1. The number of rotatable bonds is 10. The standard InChI is InChI=1S/C27H33N5O6S/c1-30(2)11-8-28-26(33)20-16-21(18-23(17-20)31-9-4-5-10-31)27(34)29-22-6-7-24(37-3)25(19-22)39(35,36)32-12-14-38-15-13-32/h4-7,9-10,16-19H,8,11-15H2,1-3H3,(H,28,33)(H,29,34). The summed E-state index contributed by atoms with van der Waals surface area (Å²) < 4.78 is 40.4. The van der Waals surface area contributed by atoms with Crippen molar-refractivity contribution in [2.75, 3.05) is 65.9 Å². The number of nitrogens with one attached hydrogen (secondary N) is 2. The topological polar surface area (TPSA) is 122 Å². The van der Waals surface area contributed by atoms with Crippen LogP contribution in [0.3, 0.4) is 0 Å². The van der Waals surface area contributed by atoms with Gasteiger partial charge < -0.3 is 29.6 Å². The van der Waals surface area contributed by atoms with Crippen LogP contribution in [0.5, 0.6) is 5.75 Å². The summed E-state index contributed by atoms with van der Waals surface area (Å²) in [5.41, 5.74) is 1.48. The highest BCUT2D eigenvalue weighted by Crippen LogP contribution is 2.30. The molecule has 0 saturated carbocycles. The zero-order chi connectivity index (χ0) is 28.0. The highest BCUT2D eigenvalue weighted by atomic mass is 32.2. The molecule has 1 aliphatic rings. The molecule has 0 aliphatic carbocycles. The van der Waals surface area contributed by atoms with Gasteiger partial charge in [0.25, 0.3) is 11.8 Å². The monoisotopic (exact) mass is 555 g/mol. The molecule has 0 unspecified atom stereocenters. The number of morpholine rings is 1. The van der Waals surface area contributed by atoms with E-state index in [9.17, 15) is 18.0 Å². The van der Waals surface area contributed by atoms with Crippen molar-refractivity contribution in [2.24, 2.45) is 0 Å². The second kappa shape index (κ2) is 12.4. The lowest BCUT2D eigenvalue weighted by atomic mass is 10.1. The number of ether oxygens (including phenoxy) is 2. The molecule has 2 N–H and O–H groups in total. The van der Waals surface area contributed by atoms with E-state index in [1.807, 2.05) is 43.5 Å². The van der Waals surface area contributed by atoms with Gasteiger partial charge in [-0.3, -0.25) is 9.59 Å². The van der Waals surface area contributed by atoms with Crippen molar-refractivity contribution in [1.29, 1.82) is 0 Å². The normalized spacial score (nSPS) is 14.3. The van der Waals surface area contributed by atoms with Crippen LogP contribution < -0.4 is 15.4 Å². The molecular weight excluding hydrogens is 522 g/mol. The number of hydrogen-bond donors (Lipinski definition) is 2. The third-order valence-electron chi connectivity index (χ3n) is 6.20. The van der Waals surface area contributed by atoms with Crippen molar-refractivity contribution in [3.05, 3.63) is 72.1 Å². The number of sulfonamides is 1. The molecule has 208 valence electrons. The lowest BCUT2D eigenvalue weighted by Gasteiger charge is -2.26. The Bertz CT molecular complexity index is 1420. The lowest BCUT2D eigenvalue weighted by Crippen LogP contribution is -2.40.